The maximum Gasteiger partial charge on any atom is 0.168 e. The first-order valence-corrected chi connectivity index (χ1v) is 6.07. The molecule has 1 aromatic rings. The van der Waals surface area contributed by atoms with Crippen LogP contribution < -0.4 is 5.73 Å². The summed E-state index contributed by atoms with van der Waals surface area (Å²) in [6.45, 7) is 2.19. The van der Waals surface area contributed by atoms with E-state index in [0.29, 0.717) is 0 Å². The molecule has 0 aliphatic rings. The van der Waals surface area contributed by atoms with Crippen molar-refractivity contribution in [2.24, 2.45) is 12.8 Å². The molecule has 0 saturated heterocycles. The lowest BCUT2D eigenvalue weighted by Gasteiger charge is -2.20. The Kier molecular flexibility index (Phi) is 5.14. The van der Waals surface area contributed by atoms with Crippen LogP contribution in [-0.4, -0.2) is 32.6 Å². The van der Waals surface area contributed by atoms with Gasteiger partial charge in [-0.15, -0.1) is 0 Å². The van der Waals surface area contributed by atoms with Crippen molar-refractivity contribution < 1.29 is 5.11 Å². The number of nitrogens with zero attached hydrogens (tertiary/aromatic N) is 2. The van der Waals surface area contributed by atoms with Gasteiger partial charge in [-0.25, -0.2) is 4.98 Å². The van der Waals surface area contributed by atoms with E-state index in [2.05, 4.69) is 11.9 Å². The van der Waals surface area contributed by atoms with Crippen LogP contribution >= 0.6 is 11.8 Å². The normalized spacial score (nSPS) is 15.2. The third kappa shape index (κ3) is 3.52. The minimum atomic E-state index is 0.0294. The van der Waals surface area contributed by atoms with Crippen molar-refractivity contribution in [1.29, 1.82) is 0 Å². The molecule has 0 aliphatic heterocycles. The second-order valence-electron chi connectivity index (χ2n) is 3.61. The van der Waals surface area contributed by atoms with Crippen LogP contribution in [-0.2, 0) is 7.05 Å². The van der Waals surface area contributed by atoms with E-state index >= 15 is 0 Å². The van der Waals surface area contributed by atoms with Crippen molar-refractivity contribution >= 4 is 11.8 Å². The van der Waals surface area contributed by atoms with E-state index in [4.69, 9.17) is 5.73 Å². The van der Waals surface area contributed by atoms with E-state index in [1.165, 1.54) is 0 Å². The Hall–Kier alpha value is -0.520. The van der Waals surface area contributed by atoms with Crippen LogP contribution in [0.5, 0.6) is 0 Å². The number of hydrogen-bond donors (Lipinski definition) is 2. The minimum Gasteiger partial charge on any atom is -0.395 e. The van der Waals surface area contributed by atoms with Gasteiger partial charge in [0.05, 0.1) is 11.9 Å². The third-order valence-electron chi connectivity index (χ3n) is 2.31. The standard InChI is InChI=1S/C10H19N3OS/c1-3-4-8(11)9(7-14)15-10-12-5-6-13(10)2/h5-6,8-9,14H,3-4,7,11H2,1-2H3. The molecule has 2 atom stereocenters. The van der Waals surface area contributed by atoms with E-state index in [0.717, 1.165) is 18.0 Å². The summed E-state index contributed by atoms with van der Waals surface area (Å²) in [5.74, 6) is 0. The van der Waals surface area contributed by atoms with E-state index in [1.54, 1.807) is 18.0 Å². The van der Waals surface area contributed by atoms with Crippen molar-refractivity contribution in [3.63, 3.8) is 0 Å². The molecule has 86 valence electrons. The number of aliphatic hydroxyl groups excluding tert-OH is 1. The van der Waals surface area contributed by atoms with Gasteiger partial charge in [0.1, 0.15) is 0 Å². The molecule has 0 saturated carbocycles. The highest BCUT2D eigenvalue weighted by atomic mass is 32.2. The van der Waals surface area contributed by atoms with E-state index < -0.39 is 0 Å². The first-order chi connectivity index (χ1) is 7.19. The Morgan fingerprint density at radius 1 is 1.67 bits per heavy atom. The van der Waals surface area contributed by atoms with Crippen LogP contribution in [0.1, 0.15) is 19.8 Å². The number of aryl methyl sites for hydroxylation is 1. The van der Waals surface area contributed by atoms with Gasteiger partial charge in [0, 0.05) is 25.5 Å². The fourth-order valence-electron chi connectivity index (χ4n) is 1.38. The summed E-state index contributed by atoms with van der Waals surface area (Å²) in [5, 5.41) is 10.2. The number of aliphatic hydroxyl groups is 1. The maximum absolute atomic E-state index is 9.27. The topological polar surface area (TPSA) is 64.1 Å². The average Bonchev–Trinajstić information content (AvgIpc) is 2.61. The minimum absolute atomic E-state index is 0.0294. The molecule has 0 bridgehead atoms. The van der Waals surface area contributed by atoms with Gasteiger partial charge in [0.25, 0.3) is 0 Å². The molecule has 2 unspecified atom stereocenters. The van der Waals surface area contributed by atoms with Gasteiger partial charge in [-0.05, 0) is 6.42 Å². The highest BCUT2D eigenvalue weighted by molar-refractivity contribution is 7.99. The SMILES string of the molecule is CCCC(N)C(CO)Sc1nccn1C. The van der Waals surface area contributed by atoms with Crippen molar-refractivity contribution in [3.8, 4) is 0 Å². The van der Waals surface area contributed by atoms with Gasteiger partial charge in [0.2, 0.25) is 0 Å². The van der Waals surface area contributed by atoms with Crippen molar-refractivity contribution in [2.75, 3.05) is 6.61 Å². The molecule has 1 rings (SSSR count). The predicted octanol–water partition coefficient (Wildman–Crippen LogP) is 1.00. The van der Waals surface area contributed by atoms with Gasteiger partial charge in [-0.2, -0.15) is 0 Å². The Labute approximate surface area is 94.9 Å². The quantitative estimate of drug-likeness (QED) is 0.714. The van der Waals surface area contributed by atoms with Gasteiger partial charge in [-0.1, -0.05) is 25.1 Å². The number of nitrogens with two attached hydrogens (primary N) is 1. The molecule has 0 aliphatic carbocycles. The molecule has 1 aromatic heterocycles. The summed E-state index contributed by atoms with van der Waals surface area (Å²) in [6.07, 6.45) is 5.62. The first-order valence-electron chi connectivity index (χ1n) is 5.19. The van der Waals surface area contributed by atoms with Gasteiger partial charge >= 0.3 is 0 Å². The predicted molar refractivity (Wildman–Crippen MR) is 62.8 cm³/mol. The van der Waals surface area contributed by atoms with Crippen LogP contribution in [0.15, 0.2) is 17.6 Å². The molecule has 5 heteroatoms. The zero-order valence-corrected chi connectivity index (χ0v) is 10.1. The largest absolute Gasteiger partial charge is 0.395 e. The fourth-order valence-corrected chi connectivity index (χ4v) is 2.39. The zero-order chi connectivity index (χ0) is 11.3. The zero-order valence-electron chi connectivity index (χ0n) is 9.26. The summed E-state index contributed by atoms with van der Waals surface area (Å²) in [5.41, 5.74) is 5.99. The summed E-state index contributed by atoms with van der Waals surface area (Å²) in [7, 11) is 1.94. The third-order valence-corrected chi connectivity index (χ3v) is 3.72. The monoisotopic (exact) mass is 229 g/mol. The lowest BCUT2D eigenvalue weighted by Crippen LogP contribution is -2.35. The Morgan fingerprint density at radius 3 is 2.87 bits per heavy atom. The maximum atomic E-state index is 9.27. The number of thioether (sulfide) groups is 1. The number of imidazole rings is 1. The van der Waals surface area contributed by atoms with E-state index in [9.17, 15) is 5.11 Å². The molecule has 15 heavy (non-hydrogen) atoms. The summed E-state index contributed by atoms with van der Waals surface area (Å²) in [4.78, 5) is 4.21. The second kappa shape index (κ2) is 6.15. The second-order valence-corrected chi connectivity index (χ2v) is 4.82. The lowest BCUT2D eigenvalue weighted by atomic mass is 10.1. The Balaban J connectivity index is 2.57. The first kappa shape index (κ1) is 12.5. The smallest absolute Gasteiger partial charge is 0.168 e. The Bertz CT molecular complexity index is 290. The summed E-state index contributed by atoms with van der Waals surface area (Å²) < 4.78 is 1.94. The lowest BCUT2D eigenvalue weighted by molar-refractivity contribution is 0.279. The molecule has 0 spiro atoms. The number of rotatable bonds is 6. The van der Waals surface area contributed by atoms with Crippen LogP contribution in [0.3, 0.4) is 0 Å². The van der Waals surface area contributed by atoms with Crippen LogP contribution in [0.4, 0.5) is 0 Å². The average molecular weight is 229 g/mol. The van der Waals surface area contributed by atoms with Crippen molar-refractivity contribution in [2.45, 2.75) is 36.2 Å². The van der Waals surface area contributed by atoms with Crippen LogP contribution in [0.25, 0.3) is 0 Å². The summed E-state index contributed by atoms with van der Waals surface area (Å²) >= 11 is 1.55. The van der Waals surface area contributed by atoms with Gasteiger partial charge < -0.3 is 15.4 Å². The fraction of sp³-hybridized carbons (Fsp3) is 0.700. The highest BCUT2D eigenvalue weighted by Crippen LogP contribution is 2.23. The van der Waals surface area contributed by atoms with E-state index in [-0.39, 0.29) is 17.9 Å². The van der Waals surface area contributed by atoms with Crippen molar-refractivity contribution in [1.82, 2.24) is 9.55 Å². The number of aromatic nitrogens is 2. The highest BCUT2D eigenvalue weighted by Gasteiger charge is 2.19. The molecule has 1 heterocycles. The van der Waals surface area contributed by atoms with Gasteiger partial charge in [-0.3, -0.25) is 0 Å². The molecule has 0 radical (unpaired) electrons. The molecular formula is C10H19N3OS. The molecule has 0 amide bonds. The molecule has 4 nitrogen and oxygen atoms in total. The molecule has 0 fully saturated rings. The molecule has 0 aromatic carbocycles. The van der Waals surface area contributed by atoms with Crippen LogP contribution in [0, 0.1) is 0 Å². The Morgan fingerprint density at radius 2 is 2.40 bits per heavy atom. The number of hydrogen-bond acceptors (Lipinski definition) is 4. The van der Waals surface area contributed by atoms with Crippen molar-refractivity contribution in [3.05, 3.63) is 12.4 Å². The molecule has 3 N–H and O–H groups in total. The van der Waals surface area contributed by atoms with Crippen LogP contribution in [0.2, 0.25) is 0 Å². The van der Waals surface area contributed by atoms with E-state index in [1.807, 2.05) is 17.8 Å². The van der Waals surface area contributed by atoms with Gasteiger partial charge in [0.15, 0.2) is 5.16 Å². The molecular weight excluding hydrogens is 210 g/mol. The summed E-state index contributed by atoms with van der Waals surface area (Å²) in [6, 6.07) is 0.0294.